The largest absolute Gasteiger partial charge is 0.455 e. The summed E-state index contributed by atoms with van der Waals surface area (Å²) in [5.74, 6) is 0.938. The third-order valence-corrected chi connectivity index (χ3v) is 4.27. The molecule has 0 saturated carbocycles. The summed E-state index contributed by atoms with van der Waals surface area (Å²) in [4.78, 5) is 11.0. The van der Waals surface area contributed by atoms with Crippen molar-refractivity contribution in [2.45, 2.75) is 18.9 Å². The van der Waals surface area contributed by atoms with Crippen molar-refractivity contribution in [2.75, 3.05) is 11.0 Å². The highest BCUT2D eigenvalue weighted by molar-refractivity contribution is 7.92. The van der Waals surface area contributed by atoms with Gasteiger partial charge in [0.1, 0.15) is 11.8 Å². The van der Waals surface area contributed by atoms with Gasteiger partial charge in [-0.25, -0.2) is 8.42 Å². The second kappa shape index (κ2) is 6.00. The predicted octanol–water partition coefficient (Wildman–Crippen LogP) is 3.60. The molecule has 120 valence electrons. The lowest BCUT2D eigenvalue weighted by Crippen LogP contribution is -2.11. The molecule has 3 rings (SSSR count). The second-order valence-corrected chi connectivity index (χ2v) is 7.24. The van der Waals surface area contributed by atoms with E-state index in [-0.39, 0.29) is 0 Å². The van der Waals surface area contributed by atoms with E-state index >= 15 is 0 Å². The van der Waals surface area contributed by atoms with Crippen LogP contribution in [0.2, 0.25) is 0 Å². The number of benzene rings is 2. The third-order valence-electron chi connectivity index (χ3n) is 3.68. The van der Waals surface area contributed by atoms with E-state index in [2.05, 4.69) is 9.90 Å². The van der Waals surface area contributed by atoms with E-state index in [9.17, 15) is 13.3 Å². The Morgan fingerprint density at radius 2 is 1.96 bits per heavy atom. The molecule has 1 N–H and O–H groups in total. The van der Waals surface area contributed by atoms with Gasteiger partial charge < -0.3 is 4.74 Å². The fourth-order valence-corrected chi connectivity index (χ4v) is 3.26. The minimum atomic E-state index is -3.44. The van der Waals surface area contributed by atoms with Gasteiger partial charge in [-0.05, 0) is 48.2 Å². The van der Waals surface area contributed by atoms with Crippen LogP contribution in [0, 0.1) is 4.91 Å². The average molecular weight is 332 g/mol. The Hall–Kier alpha value is -2.41. The normalized spacial score (nSPS) is 16.7. The topological polar surface area (TPSA) is 84.8 Å². The maximum absolute atomic E-state index is 11.6. The SMILES string of the molecule is CS(=O)(=O)Nc1cc2c(cc1Oc1ccccc1)C(N=O)CC2. The van der Waals surface area contributed by atoms with Crippen LogP contribution in [0.4, 0.5) is 5.69 Å². The number of ether oxygens (including phenoxy) is 1. The quantitative estimate of drug-likeness (QED) is 0.848. The van der Waals surface area contributed by atoms with Gasteiger partial charge in [0.25, 0.3) is 0 Å². The first kappa shape index (κ1) is 15.5. The van der Waals surface area contributed by atoms with Crippen LogP contribution in [0.3, 0.4) is 0 Å². The lowest BCUT2D eigenvalue weighted by molar-refractivity contribution is 0.483. The lowest BCUT2D eigenvalue weighted by atomic mass is 10.1. The number of nitrogens with one attached hydrogen (secondary N) is 1. The van der Waals surface area contributed by atoms with Crippen molar-refractivity contribution in [1.82, 2.24) is 0 Å². The first-order valence-electron chi connectivity index (χ1n) is 7.16. The monoisotopic (exact) mass is 332 g/mol. The van der Waals surface area contributed by atoms with Gasteiger partial charge in [0.15, 0.2) is 5.75 Å². The van der Waals surface area contributed by atoms with Crippen LogP contribution in [0.25, 0.3) is 0 Å². The van der Waals surface area contributed by atoms with Crippen LogP contribution in [0.15, 0.2) is 47.6 Å². The maximum atomic E-state index is 11.6. The molecule has 2 aromatic rings. The Labute approximate surface area is 134 Å². The van der Waals surface area contributed by atoms with Crippen molar-refractivity contribution in [3.05, 3.63) is 58.5 Å². The van der Waals surface area contributed by atoms with Crippen LogP contribution in [0.5, 0.6) is 11.5 Å². The summed E-state index contributed by atoms with van der Waals surface area (Å²) >= 11 is 0. The highest BCUT2D eigenvalue weighted by atomic mass is 32.2. The molecule has 1 aliphatic carbocycles. The molecule has 6 nitrogen and oxygen atoms in total. The van der Waals surface area contributed by atoms with E-state index in [1.165, 1.54) is 0 Å². The Morgan fingerprint density at radius 3 is 2.61 bits per heavy atom. The lowest BCUT2D eigenvalue weighted by Gasteiger charge is -2.15. The molecule has 7 heteroatoms. The molecule has 1 aliphatic rings. The van der Waals surface area contributed by atoms with Gasteiger partial charge in [0.2, 0.25) is 10.0 Å². The number of aryl methyl sites for hydroxylation is 1. The first-order chi connectivity index (χ1) is 11.0. The van der Waals surface area contributed by atoms with Crippen LogP contribution in [-0.2, 0) is 16.4 Å². The van der Waals surface area contributed by atoms with E-state index in [0.29, 0.717) is 30.0 Å². The van der Waals surface area contributed by atoms with Crippen molar-refractivity contribution < 1.29 is 13.2 Å². The van der Waals surface area contributed by atoms with E-state index in [4.69, 9.17) is 4.74 Å². The summed E-state index contributed by atoms with van der Waals surface area (Å²) in [6.07, 6.45) is 2.41. The Bertz CT molecular complexity index is 835. The maximum Gasteiger partial charge on any atom is 0.229 e. The summed E-state index contributed by atoms with van der Waals surface area (Å²) in [5, 5.41) is 3.14. The number of nitrogens with zero attached hydrogens (tertiary/aromatic N) is 1. The molecule has 0 bridgehead atoms. The fraction of sp³-hybridized carbons (Fsp3) is 0.250. The van der Waals surface area contributed by atoms with Gasteiger partial charge in [-0.2, -0.15) is 4.91 Å². The van der Waals surface area contributed by atoms with Crippen molar-refractivity contribution in [3.63, 3.8) is 0 Å². The van der Waals surface area contributed by atoms with Crippen molar-refractivity contribution in [1.29, 1.82) is 0 Å². The molecular weight excluding hydrogens is 316 g/mol. The van der Waals surface area contributed by atoms with E-state index < -0.39 is 16.1 Å². The molecule has 1 unspecified atom stereocenters. The summed E-state index contributed by atoms with van der Waals surface area (Å²) < 4.78 is 31.5. The van der Waals surface area contributed by atoms with Gasteiger partial charge >= 0.3 is 0 Å². The fourth-order valence-electron chi connectivity index (χ4n) is 2.70. The minimum absolute atomic E-state index is 0.357. The van der Waals surface area contributed by atoms with E-state index in [1.54, 1.807) is 24.3 Å². The van der Waals surface area contributed by atoms with Gasteiger partial charge in [-0.3, -0.25) is 4.72 Å². The number of fused-ring (bicyclic) bond motifs is 1. The van der Waals surface area contributed by atoms with Crippen molar-refractivity contribution >= 4 is 15.7 Å². The molecule has 2 aromatic carbocycles. The van der Waals surface area contributed by atoms with E-state index in [1.807, 2.05) is 18.2 Å². The number of rotatable bonds is 5. The number of sulfonamides is 1. The molecule has 0 aromatic heterocycles. The highest BCUT2D eigenvalue weighted by Gasteiger charge is 2.26. The number of hydrogen-bond donors (Lipinski definition) is 1. The molecular formula is C16H16N2O4S. The third kappa shape index (κ3) is 3.50. The number of anilines is 1. The Balaban J connectivity index is 2.05. The summed E-state index contributed by atoms with van der Waals surface area (Å²) in [6.45, 7) is 0. The molecule has 0 heterocycles. The standard InChI is InChI=1S/C16H16N2O4S/c1-23(20,21)18-15-9-11-7-8-14(17-19)13(11)10-16(15)22-12-5-3-2-4-6-12/h2-6,9-10,14,18H,7-8H2,1H3. The van der Waals surface area contributed by atoms with Gasteiger partial charge in [-0.1, -0.05) is 23.4 Å². The van der Waals surface area contributed by atoms with Crippen molar-refractivity contribution in [3.8, 4) is 11.5 Å². The molecule has 0 saturated heterocycles. The summed E-state index contributed by atoms with van der Waals surface area (Å²) in [6, 6.07) is 12.1. The number of nitroso groups, excluding NO2 is 1. The Morgan fingerprint density at radius 1 is 1.22 bits per heavy atom. The highest BCUT2D eigenvalue weighted by Crippen LogP contribution is 2.41. The van der Waals surface area contributed by atoms with Gasteiger partial charge in [0, 0.05) is 0 Å². The first-order valence-corrected chi connectivity index (χ1v) is 9.05. The van der Waals surface area contributed by atoms with Crippen molar-refractivity contribution in [2.24, 2.45) is 5.18 Å². The molecule has 0 amide bonds. The molecule has 0 aliphatic heterocycles. The molecule has 0 fully saturated rings. The van der Waals surface area contributed by atoms with Crippen LogP contribution < -0.4 is 9.46 Å². The molecule has 0 radical (unpaired) electrons. The summed E-state index contributed by atoms with van der Waals surface area (Å²) in [5.41, 5.74) is 2.08. The van der Waals surface area contributed by atoms with Crippen LogP contribution in [0.1, 0.15) is 23.6 Å². The molecule has 23 heavy (non-hydrogen) atoms. The second-order valence-electron chi connectivity index (χ2n) is 5.50. The smallest absolute Gasteiger partial charge is 0.229 e. The Kier molecular flexibility index (Phi) is 4.04. The molecule has 0 spiro atoms. The zero-order valence-corrected chi connectivity index (χ0v) is 13.3. The van der Waals surface area contributed by atoms with Crippen LogP contribution in [-0.4, -0.2) is 14.7 Å². The predicted molar refractivity (Wildman–Crippen MR) is 88.3 cm³/mol. The zero-order valence-electron chi connectivity index (χ0n) is 12.5. The average Bonchev–Trinajstić information content (AvgIpc) is 2.89. The molecule has 1 atom stereocenters. The van der Waals surface area contributed by atoms with Gasteiger partial charge in [-0.15, -0.1) is 0 Å². The van der Waals surface area contributed by atoms with Gasteiger partial charge in [0.05, 0.1) is 11.9 Å². The zero-order chi connectivity index (χ0) is 16.4. The van der Waals surface area contributed by atoms with Crippen LogP contribution >= 0.6 is 0 Å². The summed E-state index contributed by atoms with van der Waals surface area (Å²) in [7, 11) is -3.44. The van der Waals surface area contributed by atoms with E-state index in [0.717, 1.165) is 17.4 Å². The minimum Gasteiger partial charge on any atom is -0.455 e. The number of para-hydroxylation sites is 1. The number of hydrogen-bond acceptors (Lipinski definition) is 5.